The van der Waals surface area contributed by atoms with Crippen LogP contribution >= 0.6 is 11.6 Å². The summed E-state index contributed by atoms with van der Waals surface area (Å²) >= 11 is 6.09. The highest BCUT2D eigenvalue weighted by Crippen LogP contribution is 2.21. The molecule has 2 aromatic carbocycles. The summed E-state index contributed by atoms with van der Waals surface area (Å²) in [6.45, 7) is 5.59. The van der Waals surface area contributed by atoms with E-state index in [9.17, 15) is 0 Å². The molecule has 4 rings (SSSR count). The fourth-order valence-electron chi connectivity index (χ4n) is 3.75. The van der Waals surface area contributed by atoms with E-state index in [4.69, 9.17) is 16.3 Å². The largest absolute Gasteiger partial charge is 0.435 e. The molecule has 2 atom stereocenters. The predicted octanol–water partition coefficient (Wildman–Crippen LogP) is 2.26. The van der Waals surface area contributed by atoms with Gasteiger partial charge in [0.2, 0.25) is 0 Å². The van der Waals surface area contributed by atoms with Gasteiger partial charge < -0.3 is 4.74 Å². The lowest BCUT2D eigenvalue weighted by Gasteiger charge is -2.30. The SMILES string of the molecule is CC1C[N+]2=C(O1)c1ccccc1[Si](C)(c1ccc(Cl)cc1)C2. The van der Waals surface area contributed by atoms with Crippen molar-refractivity contribution in [1.82, 2.24) is 0 Å². The van der Waals surface area contributed by atoms with Crippen LogP contribution in [-0.4, -0.2) is 37.4 Å². The van der Waals surface area contributed by atoms with Gasteiger partial charge >= 0.3 is 5.90 Å². The van der Waals surface area contributed by atoms with E-state index in [1.54, 1.807) is 0 Å². The molecule has 2 unspecified atom stereocenters. The van der Waals surface area contributed by atoms with Gasteiger partial charge in [-0.25, -0.2) is 0 Å². The van der Waals surface area contributed by atoms with Crippen molar-refractivity contribution < 1.29 is 9.31 Å². The summed E-state index contributed by atoms with van der Waals surface area (Å²) in [7, 11) is -1.81. The molecule has 22 heavy (non-hydrogen) atoms. The first-order chi connectivity index (χ1) is 10.6. The highest BCUT2D eigenvalue weighted by atomic mass is 35.5. The molecule has 0 spiro atoms. The monoisotopic (exact) mass is 328 g/mol. The molecule has 0 amide bonds. The Kier molecular flexibility index (Phi) is 3.17. The lowest BCUT2D eigenvalue weighted by Crippen LogP contribution is -2.65. The second-order valence-corrected chi connectivity index (χ2v) is 11.0. The van der Waals surface area contributed by atoms with Crippen LogP contribution < -0.4 is 10.4 Å². The summed E-state index contributed by atoms with van der Waals surface area (Å²) in [5, 5.41) is 3.71. The van der Waals surface area contributed by atoms with Crippen LogP contribution in [0.25, 0.3) is 0 Å². The average molecular weight is 329 g/mol. The van der Waals surface area contributed by atoms with Crippen LogP contribution in [0.2, 0.25) is 11.6 Å². The second kappa shape index (κ2) is 4.97. The van der Waals surface area contributed by atoms with Gasteiger partial charge in [0, 0.05) is 5.02 Å². The van der Waals surface area contributed by atoms with E-state index in [1.807, 2.05) is 12.1 Å². The van der Waals surface area contributed by atoms with Crippen molar-refractivity contribution in [2.75, 3.05) is 12.7 Å². The fraction of sp³-hybridized carbons (Fsp3) is 0.278. The number of hydrogen-bond acceptors (Lipinski definition) is 1. The van der Waals surface area contributed by atoms with Crippen LogP contribution in [0.4, 0.5) is 0 Å². The van der Waals surface area contributed by atoms with Crippen LogP contribution in [0.3, 0.4) is 0 Å². The molecule has 0 aliphatic carbocycles. The lowest BCUT2D eigenvalue weighted by atomic mass is 10.2. The standard InChI is InChI=1S/C18H19ClNOSi/c1-13-11-20-12-22(2,15-9-7-14(19)8-10-15)17-6-4-3-5-16(17)18(20)21-13/h3-10,13H,11-12H2,1-2H3/q+1. The first kappa shape index (κ1) is 14.0. The van der Waals surface area contributed by atoms with Gasteiger partial charge in [-0.1, -0.05) is 48.5 Å². The molecule has 0 aromatic heterocycles. The van der Waals surface area contributed by atoms with Crippen LogP contribution in [0.15, 0.2) is 48.5 Å². The van der Waals surface area contributed by atoms with Crippen LogP contribution in [0.1, 0.15) is 12.5 Å². The molecule has 0 fully saturated rings. The zero-order valence-corrected chi connectivity index (χ0v) is 14.6. The van der Waals surface area contributed by atoms with Crippen LogP contribution in [0.5, 0.6) is 0 Å². The molecule has 0 radical (unpaired) electrons. The highest BCUT2D eigenvalue weighted by molar-refractivity contribution is 7.02. The molecule has 4 heteroatoms. The quantitative estimate of drug-likeness (QED) is 0.578. The molecule has 0 saturated carbocycles. The maximum Gasteiger partial charge on any atom is 0.370 e. The summed E-state index contributed by atoms with van der Waals surface area (Å²) in [6.07, 6.45) is 1.34. The zero-order valence-electron chi connectivity index (χ0n) is 12.8. The third kappa shape index (κ3) is 2.03. The summed E-state index contributed by atoms with van der Waals surface area (Å²) < 4.78 is 8.52. The Labute approximate surface area is 137 Å². The molecule has 2 heterocycles. The van der Waals surface area contributed by atoms with E-state index in [0.717, 1.165) is 23.6 Å². The number of fused-ring (bicyclic) bond motifs is 2. The lowest BCUT2D eigenvalue weighted by molar-refractivity contribution is -0.504. The topological polar surface area (TPSA) is 12.2 Å². The number of nitrogens with zero attached hydrogens (tertiary/aromatic N) is 1. The maximum absolute atomic E-state index is 6.09. The molecule has 2 aromatic rings. The van der Waals surface area contributed by atoms with Crippen molar-refractivity contribution in [2.24, 2.45) is 0 Å². The van der Waals surface area contributed by atoms with E-state index in [2.05, 4.69) is 54.4 Å². The van der Waals surface area contributed by atoms with Gasteiger partial charge in [0.25, 0.3) is 0 Å². The number of ether oxygens (including phenoxy) is 1. The molecule has 0 N–H and O–H groups in total. The van der Waals surface area contributed by atoms with E-state index < -0.39 is 8.07 Å². The van der Waals surface area contributed by atoms with Gasteiger partial charge in [-0.15, -0.1) is 0 Å². The molecule has 0 bridgehead atoms. The number of rotatable bonds is 1. The summed E-state index contributed by atoms with van der Waals surface area (Å²) in [4.78, 5) is 0. The Morgan fingerprint density at radius 2 is 1.86 bits per heavy atom. The third-order valence-corrected chi connectivity index (χ3v) is 9.32. The Hall–Kier alpha value is -1.58. The minimum Gasteiger partial charge on any atom is -0.435 e. The Morgan fingerprint density at radius 3 is 2.64 bits per heavy atom. The number of hydrogen-bond donors (Lipinski definition) is 0. The number of halogens is 1. The fourth-order valence-corrected chi connectivity index (χ4v) is 7.73. The zero-order chi connectivity index (χ0) is 15.3. The van der Waals surface area contributed by atoms with Crippen molar-refractivity contribution in [3.05, 3.63) is 59.1 Å². The molecule has 112 valence electrons. The minimum absolute atomic E-state index is 0.268. The number of benzene rings is 2. The molecule has 2 aliphatic heterocycles. The Bertz CT molecular complexity index is 771. The molecular formula is C18H19ClNOSi+. The van der Waals surface area contributed by atoms with Gasteiger partial charge in [0.15, 0.2) is 20.7 Å². The van der Waals surface area contributed by atoms with Crippen LogP contribution in [0, 0.1) is 0 Å². The van der Waals surface area contributed by atoms with E-state index >= 15 is 0 Å². The first-order valence-electron chi connectivity index (χ1n) is 7.72. The third-order valence-electron chi connectivity index (χ3n) is 4.82. The maximum atomic E-state index is 6.09. The van der Waals surface area contributed by atoms with Crippen molar-refractivity contribution in [2.45, 2.75) is 19.6 Å². The van der Waals surface area contributed by atoms with Crippen molar-refractivity contribution in [3.8, 4) is 0 Å². The van der Waals surface area contributed by atoms with E-state index in [0.29, 0.717) is 0 Å². The first-order valence-corrected chi connectivity index (χ1v) is 10.8. The van der Waals surface area contributed by atoms with Crippen molar-refractivity contribution in [3.63, 3.8) is 0 Å². The average Bonchev–Trinajstić information content (AvgIpc) is 2.88. The minimum atomic E-state index is -1.81. The van der Waals surface area contributed by atoms with Gasteiger partial charge in [0.05, 0.1) is 5.56 Å². The summed E-state index contributed by atoms with van der Waals surface area (Å²) in [5.74, 6) is 1.07. The Morgan fingerprint density at radius 1 is 1.14 bits per heavy atom. The second-order valence-electron chi connectivity index (χ2n) is 6.50. The normalized spacial score (nSPS) is 26.4. The molecule has 0 saturated heterocycles. The molecular weight excluding hydrogens is 310 g/mol. The van der Waals surface area contributed by atoms with Crippen molar-refractivity contribution in [1.29, 1.82) is 0 Å². The van der Waals surface area contributed by atoms with Gasteiger partial charge in [-0.2, -0.15) is 4.58 Å². The van der Waals surface area contributed by atoms with Crippen LogP contribution in [-0.2, 0) is 4.74 Å². The Balaban J connectivity index is 1.90. The summed E-state index contributed by atoms with van der Waals surface area (Å²) in [5.41, 5.74) is 1.28. The van der Waals surface area contributed by atoms with E-state index in [-0.39, 0.29) is 6.10 Å². The van der Waals surface area contributed by atoms with E-state index in [1.165, 1.54) is 15.9 Å². The van der Waals surface area contributed by atoms with Gasteiger partial charge in [-0.05, 0) is 35.5 Å². The van der Waals surface area contributed by atoms with Gasteiger partial charge in [0.1, 0.15) is 6.17 Å². The molecule has 2 aliphatic rings. The molecule has 2 nitrogen and oxygen atoms in total. The highest BCUT2D eigenvalue weighted by Gasteiger charge is 2.48. The predicted molar refractivity (Wildman–Crippen MR) is 93.4 cm³/mol. The van der Waals surface area contributed by atoms with Gasteiger partial charge in [-0.3, -0.25) is 0 Å². The smallest absolute Gasteiger partial charge is 0.370 e. The van der Waals surface area contributed by atoms with Crippen molar-refractivity contribution >= 4 is 35.9 Å². The summed E-state index contributed by atoms with van der Waals surface area (Å²) in [6, 6.07) is 17.2.